The van der Waals surface area contributed by atoms with Gasteiger partial charge in [0.05, 0.1) is 22.2 Å². The van der Waals surface area contributed by atoms with Crippen LogP contribution in [0.4, 0.5) is 17.1 Å². The predicted molar refractivity (Wildman–Crippen MR) is 329 cm³/mol. The summed E-state index contributed by atoms with van der Waals surface area (Å²) in [5.41, 5.74) is 23.8. The lowest BCUT2D eigenvalue weighted by atomic mass is 9.82. The maximum atomic E-state index is 2.51. The van der Waals surface area contributed by atoms with E-state index in [1.54, 1.807) is 0 Å². The topological polar surface area (TPSA) is 13.1 Å². The number of aromatic nitrogens is 2. The minimum atomic E-state index is -0.153. The second kappa shape index (κ2) is 18.1. The summed E-state index contributed by atoms with van der Waals surface area (Å²) in [6.07, 6.45) is 0. The molecule has 0 bridgehead atoms. The van der Waals surface area contributed by atoms with Crippen molar-refractivity contribution in [2.45, 2.75) is 19.3 Å². The number of para-hydroxylation sites is 2. The van der Waals surface area contributed by atoms with Crippen LogP contribution in [-0.2, 0) is 5.41 Å². The summed E-state index contributed by atoms with van der Waals surface area (Å²) in [6.45, 7) is 4.74. The highest BCUT2D eigenvalue weighted by atomic mass is 15.1. The maximum absolute atomic E-state index is 2.51. The number of hydrogen-bond acceptors (Lipinski definition) is 1. The number of fused-ring (bicyclic) bond motifs is 9. The average molecular weight is 996 g/mol. The summed E-state index contributed by atoms with van der Waals surface area (Å²) in [7, 11) is 0. The Bertz CT molecular complexity index is 4590. The molecule has 0 N–H and O–H groups in total. The van der Waals surface area contributed by atoms with Gasteiger partial charge in [-0.25, -0.2) is 0 Å². The highest BCUT2D eigenvalue weighted by Crippen LogP contribution is 2.52. The monoisotopic (exact) mass is 995 g/mol. The zero-order chi connectivity index (χ0) is 51.9. The van der Waals surface area contributed by atoms with Gasteiger partial charge >= 0.3 is 0 Å². The van der Waals surface area contributed by atoms with Crippen molar-refractivity contribution in [1.29, 1.82) is 0 Å². The highest BCUT2D eigenvalue weighted by Gasteiger charge is 2.36. The predicted octanol–water partition coefficient (Wildman–Crippen LogP) is 20.3. The fourth-order valence-corrected chi connectivity index (χ4v) is 12.9. The number of nitrogens with zero attached hydrogens (tertiary/aromatic N) is 3. The maximum Gasteiger partial charge on any atom is 0.0620 e. The molecule has 1 aliphatic carbocycles. The molecule has 0 saturated carbocycles. The third-order valence-corrected chi connectivity index (χ3v) is 16.5. The molecule has 0 unspecified atom stereocenters. The molecule has 1 aliphatic rings. The molecule has 0 radical (unpaired) electrons. The van der Waals surface area contributed by atoms with E-state index in [2.05, 4.69) is 313 Å². The zero-order valence-corrected chi connectivity index (χ0v) is 43.5. The standard InChI is InChI=1S/C75H53N3/c1-75(2)68-32-17-15-28-62(68)63-44-42-59(49-69(63)75)76(58-43-47-71-67(48-58)64-29-16-18-33-70(64)77(71)55-26-13-6-14-27-55)56-40-36-52(37-41-56)60-30-19-31-65-61(60)45-46-66-72(53-22-9-4-10-23-53)73(54-24-11-5-12-25-54)78(74(65)66)57-38-34-51(35-39-57)50-20-7-3-8-21-50/h3-49H,1-2H3. The van der Waals surface area contributed by atoms with Gasteiger partial charge in [0, 0.05) is 61.0 Å². The Morgan fingerprint density at radius 3 is 1.58 bits per heavy atom. The molecule has 0 saturated heterocycles. The lowest BCUT2D eigenvalue weighted by Crippen LogP contribution is -2.16. The Morgan fingerprint density at radius 2 is 0.821 bits per heavy atom. The van der Waals surface area contributed by atoms with Gasteiger partial charge in [-0.05, 0) is 134 Å². The van der Waals surface area contributed by atoms with Gasteiger partial charge in [-0.3, -0.25) is 0 Å². The number of rotatable bonds is 9. The Kier molecular flexibility index (Phi) is 10.6. The van der Waals surface area contributed by atoms with Crippen molar-refractivity contribution in [2.75, 3.05) is 4.90 Å². The normalized spacial score (nSPS) is 12.6. The van der Waals surface area contributed by atoms with Crippen LogP contribution in [0.1, 0.15) is 25.0 Å². The Hall–Kier alpha value is -9.96. The molecule has 12 aromatic carbocycles. The second-order valence-corrected chi connectivity index (χ2v) is 21.2. The fraction of sp³-hybridized carbons (Fsp3) is 0.0400. The summed E-state index contributed by atoms with van der Waals surface area (Å²) < 4.78 is 4.91. The summed E-state index contributed by atoms with van der Waals surface area (Å²) in [6, 6.07) is 105. The molecule has 0 aliphatic heterocycles. The van der Waals surface area contributed by atoms with E-state index < -0.39 is 0 Å². The van der Waals surface area contributed by atoms with E-state index in [0.29, 0.717) is 0 Å². The van der Waals surface area contributed by atoms with Gasteiger partial charge in [0.25, 0.3) is 0 Å². The van der Waals surface area contributed by atoms with Gasteiger partial charge in [0.15, 0.2) is 0 Å². The van der Waals surface area contributed by atoms with E-state index in [0.717, 1.165) is 34.0 Å². The van der Waals surface area contributed by atoms with Crippen LogP contribution < -0.4 is 4.90 Å². The molecule has 14 aromatic rings. The van der Waals surface area contributed by atoms with Crippen molar-refractivity contribution < 1.29 is 0 Å². The second-order valence-electron chi connectivity index (χ2n) is 21.2. The molecule has 3 nitrogen and oxygen atoms in total. The van der Waals surface area contributed by atoms with E-state index in [4.69, 9.17) is 0 Å². The molecule has 0 fully saturated rings. The summed E-state index contributed by atoms with van der Waals surface area (Å²) in [5.74, 6) is 0. The fourth-order valence-electron chi connectivity index (χ4n) is 12.9. The summed E-state index contributed by atoms with van der Waals surface area (Å²) >= 11 is 0. The number of benzene rings is 12. The van der Waals surface area contributed by atoms with Gasteiger partial charge < -0.3 is 14.0 Å². The summed E-state index contributed by atoms with van der Waals surface area (Å²) in [4.78, 5) is 2.45. The first-order chi connectivity index (χ1) is 38.5. The number of anilines is 3. The largest absolute Gasteiger partial charge is 0.310 e. The Morgan fingerprint density at radius 1 is 0.295 bits per heavy atom. The van der Waals surface area contributed by atoms with Crippen LogP contribution in [0.25, 0.3) is 111 Å². The average Bonchev–Trinajstić information content (AvgIpc) is 4.28. The van der Waals surface area contributed by atoms with Gasteiger partial charge in [-0.1, -0.05) is 226 Å². The molecular weight excluding hydrogens is 943 g/mol. The van der Waals surface area contributed by atoms with E-state index in [9.17, 15) is 0 Å². The molecule has 78 heavy (non-hydrogen) atoms. The Labute approximate surface area is 454 Å². The highest BCUT2D eigenvalue weighted by molar-refractivity contribution is 6.18. The molecule has 2 aromatic heterocycles. The van der Waals surface area contributed by atoms with E-state index in [1.165, 1.54) is 105 Å². The summed E-state index contributed by atoms with van der Waals surface area (Å²) in [5, 5.41) is 6.06. The smallest absolute Gasteiger partial charge is 0.0620 e. The van der Waals surface area contributed by atoms with E-state index in [-0.39, 0.29) is 5.41 Å². The van der Waals surface area contributed by atoms with Crippen molar-refractivity contribution in [2.24, 2.45) is 0 Å². The first kappa shape index (κ1) is 45.4. The third kappa shape index (κ3) is 7.20. The molecule has 0 atom stereocenters. The van der Waals surface area contributed by atoms with Crippen LogP contribution in [0.2, 0.25) is 0 Å². The van der Waals surface area contributed by atoms with Crippen LogP contribution in [0.5, 0.6) is 0 Å². The van der Waals surface area contributed by atoms with Crippen LogP contribution in [0.15, 0.2) is 285 Å². The van der Waals surface area contributed by atoms with Crippen molar-refractivity contribution in [3.05, 3.63) is 296 Å². The molecule has 15 rings (SSSR count). The van der Waals surface area contributed by atoms with Gasteiger partial charge in [0.2, 0.25) is 0 Å². The lowest BCUT2D eigenvalue weighted by molar-refractivity contribution is 0.660. The molecule has 2 heterocycles. The van der Waals surface area contributed by atoms with Crippen molar-refractivity contribution in [3.63, 3.8) is 0 Å². The van der Waals surface area contributed by atoms with Gasteiger partial charge in [-0.2, -0.15) is 0 Å². The van der Waals surface area contributed by atoms with Crippen LogP contribution in [0, 0.1) is 0 Å². The SMILES string of the molecule is CC1(C)c2ccccc2-c2ccc(N(c3ccc(-c4cccc5c4ccc4c(-c6ccccc6)c(-c6ccccc6)n(-c6ccc(-c7ccccc7)cc6)c45)cc3)c3ccc4c(c3)c3ccccc3n4-c3ccccc3)cc21. The van der Waals surface area contributed by atoms with Crippen LogP contribution >= 0.6 is 0 Å². The van der Waals surface area contributed by atoms with Crippen molar-refractivity contribution in [3.8, 4) is 67.1 Å². The first-order valence-corrected chi connectivity index (χ1v) is 27.1. The number of hydrogen-bond donors (Lipinski definition) is 0. The van der Waals surface area contributed by atoms with Crippen LogP contribution in [-0.4, -0.2) is 9.13 Å². The molecule has 368 valence electrons. The Balaban J connectivity index is 0.909. The minimum Gasteiger partial charge on any atom is -0.310 e. The van der Waals surface area contributed by atoms with Crippen molar-refractivity contribution in [1.82, 2.24) is 9.13 Å². The molecular formula is C75H53N3. The van der Waals surface area contributed by atoms with Crippen molar-refractivity contribution >= 4 is 60.5 Å². The quantitative estimate of drug-likeness (QED) is 0.140. The van der Waals surface area contributed by atoms with Gasteiger partial charge in [0.1, 0.15) is 0 Å². The zero-order valence-electron chi connectivity index (χ0n) is 43.5. The lowest BCUT2D eigenvalue weighted by Gasteiger charge is -2.28. The van der Waals surface area contributed by atoms with Crippen LogP contribution in [0.3, 0.4) is 0 Å². The first-order valence-electron chi connectivity index (χ1n) is 27.1. The minimum absolute atomic E-state index is 0.153. The molecule has 0 spiro atoms. The third-order valence-electron chi connectivity index (χ3n) is 16.5. The van der Waals surface area contributed by atoms with Gasteiger partial charge in [-0.15, -0.1) is 0 Å². The van der Waals surface area contributed by atoms with E-state index in [1.807, 2.05) is 0 Å². The van der Waals surface area contributed by atoms with E-state index >= 15 is 0 Å². The molecule has 0 amide bonds. The molecule has 3 heteroatoms.